The summed E-state index contributed by atoms with van der Waals surface area (Å²) in [4.78, 5) is 17.1. The van der Waals surface area contributed by atoms with Crippen molar-refractivity contribution in [1.82, 2.24) is 0 Å². The highest BCUT2D eigenvalue weighted by Gasteiger charge is 2.28. The van der Waals surface area contributed by atoms with Crippen LogP contribution in [-0.4, -0.2) is 52.3 Å². The maximum absolute atomic E-state index is 14.3. The summed E-state index contributed by atoms with van der Waals surface area (Å²) in [6.07, 6.45) is 0.172. The summed E-state index contributed by atoms with van der Waals surface area (Å²) in [5, 5.41) is 8.94. The molecule has 0 saturated carbocycles. The average Bonchev–Trinajstić information content (AvgIpc) is 2.77. The number of carbonyl (C=O) groups excluding carboxylic acids is 1. The number of methoxy groups -OCH3 is 1. The van der Waals surface area contributed by atoms with Crippen LogP contribution in [0.5, 0.6) is 5.75 Å². The first-order chi connectivity index (χ1) is 15.0. The zero-order valence-electron chi connectivity index (χ0n) is 18.3. The molecule has 6 nitrogen and oxygen atoms in total. The molecule has 3 rings (SSSR count). The largest absolute Gasteiger partial charge is 0.496 e. The van der Waals surface area contributed by atoms with E-state index in [-0.39, 0.29) is 24.6 Å². The summed E-state index contributed by atoms with van der Waals surface area (Å²) in [6.45, 7) is 7.15. The van der Waals surface area contributed by atoms with Crippen LogP contribution in [0.25, 0.3) is 0 Å². The zero-order chi connectivity index (χ0) is 22.2. The molecular formula is C24H31FN4O2+2. The van der Waals surface area contributed by atoms with Crippen LogP contribution < -0.4 is 19.4 Å². The number of quaternary nitrogens is 2. The van der Waals surface area contributed by atoms with Gasteiger partial charge in [0.15, 0.2) is 6.54 Å². The number of piperazine rings is 1. The smallest absolute Gasteiger partial charge is 0.282 e. The van der Waals surface area contributed by atoms with Gasteiger partial charge in [-0.15, -0.1) is 0 Å². The van der Waals surface area contributed by atoms with Crippen LogP contribution in [0.3, 0.4) is 0 Å². The van der Waals surface area contributed by atoms with Gasteiger partial charge in [0.1, 0.15) is 44.3 Å². The van der Waals surface area contributed by atoms with E-state index in [4.69, 9.17) is 10.00 Å². The highest BCUT2D eigenvalue weighted by molar-refractivity contribution is 5.94. The molecule has 0 aliphatic carbocycles. The van der Waals surface area contributed by atoms with Gasteiger partial charge < -0.3 is 19.4 Å². The second-order valence-electron chi connectivity index (χ2n) is 8.07. The number of carbonyl (C=O) groups is 1. The number of rotatable bonds is 8. The van der Waals surface area contributed by atoms with Gasteiger partial charge in [0, 0.05) is 12.1 Å². The number of nitriles is 1. The van der Waals surface area contributed by atoms with Crippen LogP contribution >= 0.6 is 0 Å². The minimum Gasteiger partial charge on any atom is -0.496 e. The third-order valence-electron chi connectivity index (χ3n) is 5.83. The first-order valence-corrected chi connectivity index (χ1v) is 10.7. The monoisotopic (exact) mass is 426 g/mol. The lowest BCUT2D eigenvalue weighted by molar-refractivity contribution is -1.02. The summed E-state index contributed by atoms with van der Waals surface area (Å²) in [5.41, 5.74) is 2.67. The summed E-state index contributed by atoms with van der Waals surface area (Å²) in [6, 6.07) is 14.5. The Morgan fingerprint density at radius 3 is 2.55 bits per heavy atom. The number of amides is 1. The molecule has 0 unspecified atom stereocenters. The number of hydrogen-bond acceptors (Lipinski definition) is 3. The minimum atomic E-state index is -0.440. The van der Waals surface area contributed by atoms with Gasteiger partial charge in [-0.1, -0.05) is 23.8 Å². The normalized spacial score (nSPS) is 18.3. The van der Waals surface area contributed by atoms with Gasteiger partial charge in [-0.05, 0) is 31.2 Å². The predicted molar refractivity (Wildman–Crippen MR) is 117 cm³/mol. The van der Waals surface area contributed by atoms with Gasteiger partial charge >= 0.3 is 0 Å². The van der Waals surface area contributed by atoms with E-state index >= 15 is 0 Å². The second kappa shape index (κ2) is 10.9. The number of hydrogen-bond donors (Lipinski definition) is 2. The molecule has 0 bridgehead atoms. The van der Waals surface area contributed by atoms with E-state index in [1.54, 1.807) is 25.3 Å². The highest BCUT2D eigenvalue weighted by atomic mass is 19.1. The molecular weight excluding hydrogens is 395 g/mol. The number of para-hydroxylation sites is 1. The van der Waals surface area contributed by atoms with Gasteiger partial charge in [-0.3, -0.25) is 4.79 Å². The van der Waals surface area contributed by atoms with Crippen LogP contribution in [0.1, 0.15) is 17.5 Å². The Kier molecular flexibility index (Phi) is 7.99. The zero-order valence-corrected chi connectivity index (χ0v) is 18.3. The molecule has 2 aromatic carbocycles. The Hall–Kier alpha value is -2.95. The number of aryl methyl sites for hydroxylation is 1. The van der Waals surface area contributed by atoms with Crippen molar-refractivity contribution in [3.05, 3.63) is 59.4 Å². The lowest BCUT2D eigenvalue weighted by atomic mass is 10.1. The van der Waals surface area contributed by atoms with Crippen LogP contribution in [0.15, 0.2) is 42.5 Å². The second-order valence-corrected chi connectivity index (χ2v) is 8.07. The molecule has 2 N–H and O–H groups in total. The SMILES string of the molecule is COc1ccc(C)cc1C[NH+]1CC[NH+](CC(=O)N(CCC#N)c2ccccc2F)CC1. The molecule has 1 aliphatic rings. The lowest BCUT2D eigenvalue weighted by Gasteiger charge is -2.31. The Balaban J connectivity index is 1.58. The Bertz CT molecular complexity index is 935. The van der Waals surface area contributed by atoms with E-state index in [0.717, 1.165) is 38.5 Å². The summed E-state index contributed by atoms with van der Waals surface area (Å²) >= 11 is 0. The first-order valence-electron chi connectivity index (χ1n) is 10.7. The van der Waals surface area contributed by atoms with Crippen molar-refractivity contribution in [2.75, 3.05) is 51.3 Å². The molecule has 7 heteroatoms. The predicted octanol–water partition coefficient (Wildman–Crippen LogP) is 0.373. The van der Waals surface area contributed by atoms with Crippen LogP contribution in [0.2, 0.25) is 0 Å². The summed E-state index contributed by atoms with van der Waals surface area (Å²) in [7, 11) is 1.70. The number of nitrogens with one attached hydrogen (secondary N) is 2. The molecule has 0 spiro atoms. The van der Waals surface area contributed by atoms with Crippen molar-refractivity contribution >= 4 is 11.6 Å². The van der Waals surface area contributed by atoms with Gasteiger partial charge in [0.2, 0.25) is 0 Å². The fraction of sp³-hybridized carbons (Fsp3) is 0.417. The fourth-order valence-electron chi connectivity index (χ4n) is 4.15. The molecule has 0 atom stereocenters. The molecule has 31 heavy (non-hydrogen) atoms. The topological polar surface area (TPSA) is 62.2 Å². The van der Waals surface area contributed by atoms with Crippen molar-refractivity contribution in [3.8, 4) is 11.8 Å². The van der Waals surface area contributed by atoms with Crippen molar-refractivity contribution in [2.24, 2.45) is 0 Å². The van der Waals surface area contributed by atoms with E-state index in [9.17, 15) is 9.18 Å². The molecule has 1 saturated heterocycles. The Labute approximate surface area is 183 Å². The first kappa shape index (κ1) is 22.7. The minimum absolute atomic E-state index is 0.140. The molecule has 1 fully saturated rings. The van der Waals surface area contributed by atoms with Crippen LogP contribution in [0, 0.1) is 24.1 Å². The molecule has 2 aromatic rings. The number of ether oxygens (including phenoxy) is 1. The third-order valence-corrected chi connectivity index (χ3v) is 5.83. The van der Waals surface area contributed by atoms with Gasteiger partial charge in [-0.2, -0.15) is 5.26 Å². The maximum atomic E-state index is 14.3. The standard InChI is InChI=1S/C24H29FN4O2/c1-19-8-9-23(31-2)20(16-19)17-27-12-14-28(15-13-27)18-24(30)29(11-5-10-26)22-7-4-3-6-21(22)25/h3-4,6-9,16H,5,11-15,17-18H2,1-2H3/p+2. The van der Waals surface area contributed by atoms with E-state index in [0.29, 0.717) is 6.54 Å². The molecule has 1 amide bonds. The number of benzene rings is 2. The van der Waals surface area contributed by atoms with Crippen LogP contribution in [-0.2, 0) is 11.3 Å². The molecule has 164 valence electrons. The molecule has 1 aliphatic heterocycles. The number of nitrogens with zero attached hydrogens (tertiary/aromatic N) is 2. The van der Waals surface area contributed by atoms with Crippen molar-refractivity contribution in [3.63, 3.8) is 0 Å². The number of halogens is 1. The van der Waals surface area contributed by atoms with E-state index in [2.05, 4.69) is 25.1 Å². The Morgan fingerprint density at radius 1 is 1.16 bits per heavy atom. The fourth-order valence-corrected chi connectivity index (χ4v) is 4.15. The summed E-state index contributed by atoms with van der Waals surface area (Å²) < 4.78 is 19.8. The average molecular weight is 427 g/mol. The van der Waals surface area contributed by atoms with Gasteiger partial charge in [0.25, 0.3) is 5.91 Å². The van der Waals surface area contributed by atoms with Gasteiger partial charge in [-0.25, -0.2) is 4.39 Å². The van der Waals surface area contributed by atoms with E-state index in [1.165, 1.54) is 31.9 Å². The summed E-state index contributed by atoms with van der Waals surface area (Å²) in [5.74, 6) is 0.338. The highest BCUT2D eigenvalue weighted by Crippen LogP contribution is 2.19. The van der Waals surface area contributed by atoms with Crippen molar-refractivity contribution < 1.29 is 23.7 Å². The molecule has 0 aromatic heterocycles. The van der Waals surface area contributed by atoms with Gasteiger partial charge in [0.05, 0.1) is 25.3 Å². The van der Waals surface area contributed by atoms with Crippen LogP contribution in [0.4, 0.5) is 10.1 Å². The van der Waals surface area contributed by atoms with E-state index in [1.807, 2.05) is 6.07 Å². The molecule has 1 heterocycles. The van der Waals surface area contributed by atoms with E-state index < -0.39 is 5.82 Å². The Morgan fingerprint density at radius 2 is 1.87 bits per heavy atom. The maximum Gasteiger partial charge on any atom is 0.282 e. The lowest BCUT2D eigenvalue weighted by Crippen LogP contribution is -3.28. The number of anilines is 1. The van der Waals surface area contributed by atoms with Crippen molar-refractivity contribution in [2.45, 2.75) is 19.9 Å². The molecule has 0 radical (unpaired) electrons. The third kappa shape index (κ3) is 6.03. The van der Waals surface area contributed by atoms with Crippen molar-refractivity contribution in [1.29, 1.82) is 5.26 Å². The quantitative estimate of drug-likeness (QED) is 0.641.